The van der Waals surface area contributed by atoms with E-state index in [1.807, 2.05) is 5.32 Å². The molecule has 0 aliphatic heterocycles. The summed E-state index contributed by atoms with van der Waals surface area (Å²) >= 11 is 0. The summed E-state index contributed by atoms with van der Waals surface area (Å²) in [5.74, 6) is -7.21. The molecule has 0 spiro atoms. The van der Waals surface area contributed by atoms with Gasteiger partial charge in [-0.15, -0.1) is 0 Å². The zero-order valence-corrected chi connectivity index (χ0v) is 29.7. The Hall–Kier alpha value is -4.77. The second-order valence-electron chi connectivity index (χ2n) is 12.2. The summed E-state index contributed by atoms with van der Waals surface area (Å²) in [6.45, 7) is 1.22. The Bertz CT molecular complexity index is 1370. The largest absolute Gasteiger partial charge is 0.480 e. The average Bonchev–Trinajstić information content (AvgIpc) is 3.10. The van der Waals surface area contributed by atoms with Gasteiger partial charge in [0.15, 0.2) is 6.04 Å². The standard InChI is InChI=1S/C32H54N10O11/c1-16(44)24(31(51)38-21(10-13-35)28(48)40-23(15-43)30(50)42-25(17(2)45)32(52)53)41-29(49)22(14-18-6-4-3-5-7-18)39-27(47)20(9-12-34)37-26(46)19(36)8-11-33/h3-7,16-17,19-25,43-45H,8-15,33-36H2,1-2H3,(H,37,46)(H,38,51)(H,39,47)(H,40,48)(H,41,49)(H,42,50)(H,52,53)/t16-,17-,19+,20+,21+,22-,23+,24+,25+/m1/s1. The number of carbonyl (C=O) groups excluding carboxylic acids is 6. The van der Waals surface area contributed by atoms with E-state index in [0.29, 0.717) is 5.56 Å². The minimum absolute atomic E-state index is 0.0176. The maximum Gasteiger partial charge on any atom is 0.328 e. The van der Waals surface area contributed by atoms with Crippen LogP contribution in [0.2, 0.25) is 0 Å². The lowest BCUT2D eigenvalue weighted by molar-refractivity contribution is -0.145. The lowest BCUT2D eigenvalue weighted by Gasteiger charge is -2.28. The number of amides is 6. The van der Waals surface area contributed by atoms with Gasteiger partial charge < -0.3 is 75.3 Å². The number of benzene rings is 1. The normalized spacial score (nSPS) is 16.2. The van der Waals surface area contributed by atoms with E-state index in [4.69, 9.17) is 22.9 Å². The second-order valence-corrected chi connectivity index (χ2v) is 12.2. The zero-order chi connectivity index (χ0) is 40.2. The fourth-order valence-electron chi connectivity index (χ4n) is 4.82. The Balaban J connectivity index is 3.23. The van der Waals surface area contributed by atoms with Gasteiger partial charge in [0.2, 0.25) is 35.4 Å². The van der Waals surface area contributed by atoms with Gasteiger partial charge in [-0.1, -0.05) is 30.3 Å². The third-order valence-corrected chi connectivity index (χ3v) is 7.83. The molecular formula is C32H54N10O11. The fraction of sp³-hybridized carbons (Fsp3) is 0.594. The van der Waals surface area contributed by atoms with Gasteiger partial charge in [0.1, 0.15) is 30.2 Å². The molecule has 1 aromatic carbocycles. The maximum atomic E-state index is 13.7. The number of aliphatic hydroxyl groups excluding tert-OH is 3. The molecule has 0 bridgehead atoms. The van der Waals surface area contributed by atoms with Crippen molar-refractivity contribution in [2.45, 2.75) is 94.0 Å². The van der Waals surface area contributed by atoms with E-state index < -0.39 is 103 Å². The highest BCUT2D eigenvalue weighted by Gasteiger charge is 2.35. The SMILES string of the molecule is C[C@@H](O)[C@H](NC(=O)[C@H](CO)NC(=O)[C@H](CCN)NC(=O)[C@@H](NC(=O)[C@@H](Cc1ccccc1)NC(=O)[C@H](CCN)NC(=O)[C@@H](N)CCN)[C@@H](C)O)C(=O)O. The molecule has 298 valence electrons. The number of carboxylic acid groups (broad SMARTS) is 1. The number of nitrogens with one attached hydrogen (secondary N) is 6. The summed E-state index contributed by atoms with van der Waals surface area (Å²) < 4.78 is 0. The number of aliphatic hydroxyl groups is 3. The van der Waals surface area contributed by atoms with Crippen molar-refractivity contribution < 1.29 is 54.0 Å². The lowest BCUT2D eigenvalue weighted by Crippen LogP contribution is -2.62. The molecule has 21 heteroatoms. The van der Waals surface area contributed by atoms with Crippen LogP contribution in [-0.2, 0) is 40.0 Å². The molecule has 1 rings (SSSR count). The van der Waals surface area contributed by atoms with Gasteiger partial charge >= 0.3 is 5.97 Å². The van der Waals surface area contributed by atoms with Gasteiger partial charge in [-0.25, -0.2) is 4.79 Å². The Morgan fingerprint density at radius 2 is 1.00 bits per heavy atom. The number of nitrogens with two attached hydrogens (primary N) is 4. The third kappa shape index (κ3) is 15.8. The Morgan fingerprint density at radius 1 is 0.585 bits per heavy atom. The minimum Gasteiger partial charge on any atom is -0.480 e. The van der Waals surface area contributed by atoms with Gasteiger partial charge in [-0.3, -0.25) is 28.8 Å². The Labute approximate surface area is 306 Å². The van der Waals surface area contributed by atoms with Crippen molar-refractivity contribution in [1.29, 1.82) is 0 Å². The molecule has 0 saturated heterocycles. The highest BCUT2D eigenvalue weighted by atomic mass is 16.4. The van der Waals surface area contributed by atoms with Gasteiger partial charge in [-0.2, -0.15) is 0 Å². The van der Waals surface area contributed by atoms with E-state index in [9.17, 15) is 54.0 Å². The quantitative estimate of drug-likeness (QED) is 0.0466. The number of hydrogen-bond acceptors (Lipinski definition) is 14. The van der Waals surface area contributed by atoms with E-state index in [1.54, 1.807) is 30.3 Å². The summed E-state index contributed by atoms with van der Waals surface area (Å²) in [7, 11) is 0. The van der Waals surface area contributed by atoms with Crippen molar-refractivity contribution in [3.63, 3.8) is 0 Å². The molecule has 53 heavy (non-hydrogen) atoms. The van der Waals surface area contributed by atoms with Crippen LogP contribution < -0.4 is 54.8 Å². The molecule has 0 radical (unpaired) electrons. The molecule has 0 unspecified atom stereocenters. The first-order valence-electron chi connectivity index (χ1n) is 16.9. The van der Waals surface area contributed by atoms with Gasteiger partial charge in [0, 0.05) is 6.42 Å². The van der Waals surface area contributed by atoms with E-state index in [1.165, 1.54) is 6.92 Å². The van der Waals surface area contributed by atoms with Crippen LogP contribution in [0, 0.1) is 0 Å². The van der Waals surface area contributed by atoms with Crippen LogP contribution in [0.15, 0.2) is 30.3 Å². The van der Waals surface area contributed by atoms with E-state index in [2.05, 4.69) is 26.6 Å². The minimum atomic E-state index is -1.76. The molecule has 0 saturated carbocycles. The van der Waals surface area contributed by atoms with Crippen molar-refractivity contribution in [3.8, 4) is 0 Å². The monoisotopic (exact) mass is 754 g/mol. The van der Waals surface area contributed by atoms with Crippen molar-refractivity contribution in [1.82, 2.24) is 31.9 Å². The van der Waals surface area contributed by atoms with Crippen LogP contribution in [0.5, 0.6) is 0 Å². The average molecular weight is 755 g/mol. The van der Waals surface area contributed by atoms with Crippen LogP contribution in [0.1, 0.15) is 38.7 Å². The fourth-order valence-corrected chi connectivity index (χ4v) is 4.82. The van der Waals surface area contributed by atoms with Crippen LogP contribution in [0.3, 0.4) is 0 Å². The van der Waals surface area contributed by atoms with Crippen LogP contribution in [-0.4, -0.2) is 143 Å². The van der Waals surface area contributed by atoms with Crippen molar-refractivity contribution >= 4 is 41.4 Å². The van der Waals surface area contributed by atoms with Crippen molar-refractivity contribution in [2.75, 3.05) is 26.2 Å². The highest BCUT2D eigenvalue weighted by molar-refractivity contribution is 5.97. The van der Waals surface area contributed by atoms with Crippen LogP contribution >= 0.6 is 0 Å². The molecule has 9 atom stereocenters. The highest BCUT2D eigenvalue weighted by Crippen LogP contribution is 2.07. The molecule has 0 fully saturated rings. The summed E-state index contributed by atoms with van der Waals surface area (Å²) in [6.07, 6.45) is -3.28. The van der Waals surface area contributed by atoms with E-state index in [0.717, 1.165) is 6.92 Å². The molecular weight excluding hydrogens is 700 g/mol. The lowest BCUT2D eigenvalue weighted by atomic mass is 10.0. The Morgan fingerprint density at radius 3 is 1.45 bits per heavy atom. The van der Waals surface area contributed by atoms with Crippen molar-refractivity contribution in [3.05, 3.63) is 35.9 Å². The first kappa shape index (κ1) is 46.3. The molecule has 21 nitrogen and oxygen atoms in total. The Kier molecular flexibility index (Phi) is 20.7. The maximum absolute atomic E-state index is 13.7. The number of rotatable bonds is 24. The van der Waals surface area contributed by atoms with Crippen LogP contribution in [0.4, 0.5) is 0 Å². The molecule has 0 heterocycles. The molecule has 0 aliphatic rings. The zero-order valence-electron chi connectivity index (χ0n) is 29.7. The first-order valence-corrected chi connectivity index (χ1v) is 16.9. The summed E-state index contributed by atoms with van der Waals surface area (Å²) in [4.78, 5) is 90.1. The summed E-state index contributed by atoms with van der Waals surface area (Å²) in [5.41, 5.74) is 23.2. The van der Waals surface area contributed by atoms with E-state index >= 15 is 0 Å². The van der Waals surface area contributed by atoms with Gasteiger partial charge in [-0.05, 0) is 58.3 Å². The predicted molar refractivity (Wildman–Crippen MR) is 189 cm³/mol. The van der Waals surface area contributed by atoms with Gasteiger partial charge in [0.05, 0.1) is 24.9 Å². The summed E-state index contributed by atoms with van der Waals surface area (Å²) in [6, 6.07) is -1.74. The molecule has 1 aromatic rings. The smallest absolute Gasteiger partial charge is 0.328 e. The van der Waals surface area contributed by atoms with Crippen LogP contribution in [0.25, 0.3) is 0 Å². The molecule has 18 N–H and O–H groups in total. The van der Waals surface area contributed by atoms with E-state index in [-0.39, 0.29) is 45.3 Å². The molecule has 0 aliphatic carbocycles. The van der Waals surface area contributed by atoms with Crippen molar-refractivity contribution in [2.24, 2.45) is 22.9 Å². The number of aliphatic carboxylic acids is 1. The molecule has 6 amide bonds. The predicted octanol–water partition coefficient (Wildman–Crippen LogP) is -6.65. The first-order chi connectivity index (χ1) is 25.0. The second kappa shape index (κ2) is 23.7. The molecule has 0 aromatic heterocycles. The number of hydrogen-bond donors (Lipinski definition) is 14. The van der Waals surface area contributed by atoms with Gasteiger partial charge in [0.25, 0.3) is 0 Å². The topological polar surface area (TPSA) is 377 Å². The number of carboxylic acids is 1. The number of carbonyl (C=O) groups is 7. The summed E-state index contributed by atoms with van der Waals surface area (Å²) in [5, 5.41) is 53.0. The third-order valence-electron chi connectivity index (χ3n) is 7.83.